The summed E-state index contributed by atoms with van der Waals surface area (Å²) >= 11 is 3.11. The van der Waals surface area contributed by atoms with Crippen molar-refractivity contribution in [3.63, 3.8) is 0 Å². The standard InChI is InChI=1S/C19H15N3OS2/c1-13(14-6-3-2-4-7-14)21-18(23)15(11-20)10-16-12-25-19(22-16)17-8-5-9-24-17/h2-10,12-13H,1H3,(H,21,23)/b15-10-. The molecule has 1 N–H and O–H groups in total. The van der Waals surface area contributed by atoms with Crippen LogP contribution in [0.1, 0.15) is 24.2 Å². The number of thiophene rings is 1. The number of thiazole rings is 1. The predicted octanol–water partition coefficient (Wildman–Crippen LogP) is 4.66. The second-order valence-electron chi connectivity index (χ2n) is 5.33. The summed E-state index contributed by atoms with van der Waals surface area (Å²) in [5, 5.41) is 16.9. The van der Waals surface area contributed by atoms with Crippen molar-refractivity contribution in [3.8, 4) is 16.0 Å². The number of benzene rings is 1. The summed E-state index contributed by atoms with van der Waals surface area (Å²) in [6.45, 7) is 1.89. The van der Waals surface area contributed by atoms with E-state index in [0.717, 1.165) is 15.4 Å². The van der Waals surface area contributed by atoms with Gasteiger partial charge < -0.3 is 5.32 Å². The van der Waals surface area contributed by atoms with Crippen LogP contribution in [0.3, 0.4) is 0 Å². The van der Waals surface area contributed by atoms with Gasteiger partial charge in [0.15, 0.2) is 0 Å². The fourth-order valence-electron chi connectivity index (χ4n) is 2.26. The van der Waals surface area contributed by atoms with Gasteiger partial charge in [-0.25, -0.2) is 4.98 Å². The molecule has 2 aromatic heterocycles. The minimum absolute atomic E-state index is 0.0470. The van der Waals surface area contributed by atoms with Crippen LogP contribution in [0.5, 0.6) is 0 Å². The smallest absolute Gasteiger partial charge is 0.262 e. The van der Waals surface area contributed by atoms with E-state index in [0.29, 0.717) is 5.69 Å². The van der Waals surface area contributed by atoms with Gasteiger partial charge in [0.1, 0.15) is 16.6 Å². The van der Waals surface area contributed by atoms with Crippen molar-refractivity contribution in [3.05, 3.63) is 70.1 Å². The maximum absolute atomic E-state index is 12.4. The second-order valence-corrected chi connectivity index (χ2v) is 7.14. The number of aromatic nitrogens is 1. The van der Waals surface area contributed by atoms with Gasteiger partial charge >= 0.3 is 0 Å². The molecule has 0 radical (unpaired) electrons. The van der Waals surface area contributed by atoms with E-state index >= 15 is 0 Å². The van der Waals surface area contributed by atoms with Crippen LogP contribution in [0.25, 0.3) is 16.0 Å². The van der Waals surface area contributed by atoms with Crippen LogP contribution in [-0.4, -0.2) is 10.9 Å². The Bertz CT molecular complexity index is 921. The summed E-state index contributed by atoms with van der Waals surface area (Å²) < 4.78 is 0. The normalized spacial score (nSPS) is 12.4. The number of carbonyl (C=O) groups is 1. The Hall–Kier alpha value is -2.75. The van der Waals surface area contributed by atoms with Gasteiger partial charge in [-0.1, -0.05) is 36.4 Å². The zero-order valence-corrected chi connectivity index (χ0v) is 15.1. The third-order valence-electron chi connectivity index (χ3n) is 3.56. The van der Waals surface area contributed by atoms with E-state index in [2.05, 4.69) is 10.3 Å². The highest BCUT2D eigenvalue weighted by Crippen LogP contribution is 2.28. The van der Waals surface area contributed by atoms with Crippen LogP contribution in [0, 0.1) is 11.3 Å². The highest BCUT2D eigenvalue weighted by molar-refractivity contribution is 7.20. The molecule has 1 aromatic carbocycles. The molecule has 4 nitrogen and oxygen atoms in total. The number of nitrogens with one attached hydrogen (secondary N) is 1. The van der Waals surface area contributed by atoms with E-state index in [4.69, 9.17) is 0 Å². The largest absolute Gasteiger partial charge is 0.345 e. The molecule has 124 valence electrons. The molecule has 1 amide bonds. The second kappa shape index (κ2) is 7.88. The summed E-state index contributed by atoms with van der Waals surface area (Å²) in [6, 6.07) is 15.4. The van der Waals surface area contributed by atoms with Gasteiger partial charge in [0.25, 0.3) is 5.91 Å². The molecule has 0 saturated heterocycles. The van der Waals surface area contributed by atoms with Crippen molar-refractivity contribution in [1.82, 2.24) is 10.3 Å². The highest BCUT2D eigenvalue weighted by Gasteiger charge is 2.14. The SMILES string of the molecule is CC(NC(=O)/C(C#N)=C\c1csc(-c2cccs2)n1)c1ccccc1. The Morgan fingerprint density at radius 1 is 1.24 bits per heavy atom. The topological polar surface area (TPSA) is 65.8 Å². The maximum atomic E-state index is 12.4. The fraction of sp³-hybridized carbons (Fsp3) is 0.105. The lowest BCUT2D eigenvalue weighted by molar-refractivity contribution is -0.117. The van der Waals surface area contributed by atoms with E-state index in [1.54, 1.807) is 11.3 Å². The first-order chi connectivity index (χ1) is 12.2. The van der Waals surface area contributed by atoms with Crippen LogP contribution in [-0.2, 0) is 4.79 Å². The molecule has 0 bridgehead atoms. The van der Waals surface area contributed by atoms with Gasteiger partial charge in [0, 0.05) is 5.38 Å². The lowest BCUT2D eigenvalue weighted by Gasteiger charge is -2.13. The number of nitriles is 1. The summed E-state index contributed by atoms with van der Waals surface area (Å²) in [5.74, 6) is -0.399. The maximum Gasteiger partial charge on any atom is 0.262 e. The highest BCUT2D eigenvalue weighted by atomic mass is 32.1. The molecule has 25 heavy (non-hydrogen) atoms. The van der Waals surface area contributed by atoms with E-state index in [-0.39, 0.29) is 11.6 Å². The summed E-state index contributed by atoms with van der Waals surface area (Å²) in [5.41, 5.74) is 1.65. The lowest BCUT2D eigenvalue weighted by Crippen LogP contribution is -2.27. The Morgan fingerprint density at radius 3 is 2.72 bits per heavy atom. The number of hydrogen-bond acceptors (Lipinski definition) is 5. The van der Waals surface area contributed by atoms with E-state index < -0.39 is 5.91 Å². The first kappa shape index (κ1) is 17.1. The van der Waals surface area contributed by atoms with Crippen LogP contribution in [0.15, 0.2) is 58.8 Å². The molecular weight excluding hydrogens is 350 g/mol. The first-order valence-electron chi connectivity index (χ1n) is 7.64. The molecule has 2 heterocycles. The molecule has 6 heteroatoms. The van der Waals surface area contributed by atoms with Crippen LogP contribution >= 0.6 is 22.7 Å². The summed E-state index contributed by atoms with van der Waals surface area (Å²) in [4.78, 5) is 17.9. The summed E-state index contributed by atoms with van der Waals surface area (Å²) in [6.07, 6.45) is 1.53. The molecule has 0 aliphatic rings. The van der Waals surface area contributed by atoms with E-state index in [1.807, 2.05) is 66.2 Å². The number of hydrogen-bond donors (Lipinski definition) is 1. The van der Waals surface area contributed by atoms with E-state index in [1.165, 1.54) is 17.4 Å². The Balaban J connectivity index is 1.74. The zero-order valence-electron chi connectivity index (χ0n) is 13.5. The molecule has 0 fully saturated rings. The average Bonchev–Trinajstić information content (AvgIpc) is 3.31. The van der Waals surface area contributed by atoms with Gasteiger partial charge in [-0.2, -0.15) is 5.26 Å². The third-order valence-corrected chi connectivity index (χ3v) is 5.46. The lowest BCUT2D eigenvalue weighted by atomic mass is 10.1. The van der Waals surface area contributed by atoms with Crippen molar-refractivity contribution >= 4 is 34.7 Å². The summed E-state index contributed by atoms with van der Waals surface area (Å²) in [7, 11) is 0. The molecule has 0 aliphatic carbocycles. The predicted molar refractivity (Wildman–Crippen MR) is 102 cm³/mol. The number of rotatable bonds is 5. The molecule has 0 saturated carbocycles. The quantitative estimate of drug-likeness (QED) is 0.528. The first-order valence-corrected chi connectivity index (χ1v) is 9.40. The van der Waals surface area contributed by atoms with Crippen LogP contribution in [0.2, 0.25) is 0 Å². The van der Waals surface area contributed by atoms with Crippen LogP contribution in [0.4, 0.5) is 0 Å². The van der Waals surface area contributed by atoms with Gasteiger partial charge in [-0.15, -0.1) is 22.7 Å². The van der Waals surface area contributed by atoms with Crippen molar-refractivity contribution in [2.24, 2.45) is 0 Å². The Kier molecular flexibility index (Phi) is 5.39. The molecule has 1 atom stereocenters. The Labute approximate surface area is 154 Å². The van der Waals surface area contributed by atoms with Gasteiger partial charge in [-0.05, 0) is 30.0 Å². The van der Waals surface area contributed by atoms with Gasteiger partial charge in [0.05, 0.1) is 16.6 Å². The minimum atomic E-state index is -0.399. The minimum Gasteiger partial charge on any atom is -0.345 e. The molecule has 0 aliphatic heterocycles. The average molecular weight is 365 g/mol. The number of amides is 1. The molecule has 1 unspecified atom stereocenters. The number of nitrogens with zero attached hydrogens (tertiary/aromatic N) is 2. The number of carbonyl (C=O) groups excluding carboxylic acids is 1. The third kappa shape index (κ3) is 4.21. The van der Waals surface area contributed by atoms with Gasteiger partial charge in [0.2, 0.25) is 0 Å². The monoisotopic (exact) mass is 365 g/mol. The molecule has 0 spiro atoms. The van der Waals surface area contributed by atoms with Crippen molar-refractivity contribution in [2.75, 3.05) is 0 Å². The molecular formula is C19H15N3OS2. The van der Waals surface area contributed by atoms with Crippen molar-refractivity contribution in [1.29, 1.82) is 5.26 Å². The fourth-order valence-corrected chi connectivity index (χ4v) is 3.85. The van der Waals surface area contributed by atoms with Gasteiger partial charge in [-0.3, -0.25) is 4.79 Å². The molecule has 3 aromatic rings. The molecule has 3 rings (SSSR count). The van der Waals surface area contributed by atoms with Crippen molar-refractivity contribution < 1.29 is 4.79 Å². The van der Waals surface area contributed by atoms with Crippen LogP contribution < -0.4 is 5.32 Å². The Morgan fingerprint density at radius 2 is 2.04 bits per heavy atom. The van der Waals surface area contributed by atoms with Crippen molar-refractivity contribution in [2.45, 2.75) is 13.0 Å². The zero-order chi connectivity index (χ0) is 17.6. The van der Waals surface area contributed by atoms with E-state index in [9.17, 15) is 10.1 Å².